The number of rotatable bonds is 0. The molecule has 0 aromatic carbocycles. The van der Waals surface area contributed by atoms with Crippen molar-refractivity contribution < 1.29 is 9.53 Å². The third-order valence-corrected chi connectivity index (χ3v) is 1.88. The predicted molar refractivity (Wildman–Crippen MR) is 46.7 cm³/mol. The molecular weight excluding hydrogens is 154 g/mol. The summed E-state index contributed by atoms with van der Waals surface area (Å²) in [6.45, 7) is 10.3. The van der Waals surface area contributed by atoms with E-state index in [1.165, 1.54) is 0 Å². The third-order valence-electron chi connectivity index (χ3n) is 1.88. The molecule has 3 heteroatoms. The van der Waals surface area contributed by atoms with Crippen LogP contribution in [0.5, 0.6) is 0 Å². The maximum atomic E-state index is 11.3. The Hall–Kier alpha value is -0.990. The molecule has 1 aliphatic heterocycles. The first-order chi connectivity index (χ1) is 5.41. The van der Waals surface area contributed by atoms with Gasteiger partial charge in [-0.25, -0.2) is 4.79 Å². The lowest BCUT2D eigenvalue weighted by molar-refractivity contribution is 0.0643. The van der Waals surface area contributed by atoms with Gasteiger partial charge in [0.25, 0.3) is 0 Å². The summed E-state index contributed by atoms with van der Waals surface area (Å²) < 4.78 is 4.92. The Kier molecular flexibility index (Phi) is 2.13. The molecule has 0 spiro atoms. The van der Waals surface area contributed by atoms with E-state index in [9.17, 15) is 4.79 Å². The molecule has 1 rings (SSSR count). The van der Waals surface area contributed by atoms with Crippen LogP contribution in [0.3, 0.4) is 0 Å². The van der Waals surface area contributed by atoms with Crippen molar-refractivity contribution in [1.29, 1.82) is 0 Å². The molecule has 1 saturated heterocycles. The van der Waals surface area contributed by atoms with Crippen LogP contribution < -0.4 is 0 Å². The van der Waals surface area contributed by atoms with E-state index < -0.39 is 0 Å². The molecule has 0 aromatic rings. The number of hydrogen-bond donors (Lipinski definition) is 0. The minimum atomic E-state index is -0.279. The van der Waals surface area contributed by atoms with Crippen LogP contribution in [0.1, 0.15) is 27.2 Å². The highest BCUT2D eigenvalue weighted by Crippen LogP contribution is 2.21. The number of ether oxygens (including phenoxy) is 1. The summed E-state index contributed by atoms with van der Waals surface area (Å²) >= 11 is 0. The van der Waals surface area contributed by atoms with E-state index in [2.05, 4.69) is 6.58 Å². The summed E-state index contributed by atoms with van der Waals surface area (Å²) in [6, 6.07) is 0. The van der Waals surface area contributed by atoms with E-state index in [0.29, 0.717) is 12.3 Å². The molecule has 1 aliphatic rings. The van der Waals surface area contributed by atoms with Gasteiger partial charge in [-0.05, 0) is 20.8 Å². The van der Waals surface area contributed by atoms with Crippen molar-refractivity contribution in [3.05, 3.63) is 12.3 Å². The highest BCUT2D eigenvalue weighted by molar-refractivity contribution is 5.70. The molecule has 0 unspecified atom stereocenters. The van der Waals surface area contributed by atoms with E-state index in [1.807, 2.05) is 20.8 Å². The average Bonchev–Trinajstić information content (AvgIpc) is 1.83. The first-order valence-electron chi connectivity index (χ1n) is 4.08. The predicted octanol–water partition coefficient (Wildman–Crippen LogP) is 2.14. The van der Waals surface area contributed by atoms with Crippen LogP contribution in [0, 0.1) is 0 Å². The van der Waals surface area contributed by atoms with Gasteiger partial charge in [0.1, 0.15) is 5.76 Å². The average molecular weight is 169 g/mol. The molecule has 12 heavy (non-hydrogen) atoms. The van der Waals surface area contributed by atoms with E-state index in [4.69, 9.17) is 4.74 Å². The second-order valence-electron chi connectivity index (χ2n) is 3.98. The van der Waals surface area contributed by atoms with Crippen molar-refractivity contribution in [2.24, 2.45) is 0 Å². The Morgan fingerprint density at radius 2 is 2.08 bits per heavy atom. The van der Waals surface area contributed by atoms with Crippen LogP contribution in [-0.4, -0.2) is 23.1 Å². The van der Waals surface area contributed by atoms with Crippen LogP contribution >= 0.6 is 0 Å². The van der Waals surface area contributed by atoms with Crippen molar-refractivity contribution in [3.63, 3.8) is 0 Å². The van der Waals surface area contributed by atoms with E-state index in [0.717, 1.165) is 6.42 Å². The van der Waals surface area contributed by atoms with Crippen molar-refractivity contribution in [3.8, 4) is 0 Å². The van der Waals surface area contributed by atoms with Crippen LogP contribution in [0.4, 0.5) is 4.79 Å². The number of cyclic esters (lactones) is 1. The summed E-state index contributed by atoms with van der Waals surface area (Å²) in [5.41, 5.74) is -0.155. The zero-order valence-electron chi connectivity index (χ0n) is 7.89. The van der Waals surface area contributed by atoms with Crippen molar-refractivity contribution in [2.75, 3.05) is 6.54 Å². The van der Waals surface area contributed by atoms with Gasteiger partial charge >= 0.3 is 6.09 Å². The van der Waals surface area contributed by atoms with Gasteiger partial charge in [-0.2, -0.15) is 0 Å². The molecule has 0 aliphatic carbocycles. The first kappa shape index (κ1) is 9.10. The number of hydrogen-bond acceptors (Lipinski definition) is 2. The molecule has 0 N–H and O–H groups in total. The molecule has 0 bridgehead atoms. The molecule has 3 nitrogen and oxygen atoms in total. The van der Waals surface area contributed by atoms with Gasteiger partial charge in [-0.3, -0.25) is 0 Å². The van der Waals surface area contributed by atoms with Gasteiger partial charge in [0.2, 0.25) is 0 Å². The van der Waals surface area contributed by atoms with E-state index in [-0.39, 0.29) is 11.6 Å². The lowest BCUT2D eigenvalue weighted by atomic mass is 10.1. The van der Waals surface area contributed by atoms with E-state index >= 15 is 0 Å². The highest BCUT2D eigenvalue weighted by atomic mass is 16.6. The van der Waals surface area contributed by atoms with Crippen molar-refractivity contribution >= 4 is 6.09 Å². The summed E-state index contributed by atoms with van der Waals surface area (Å²) in [5, 5.41) is 0. The van der Waals surface area contributed by atoms with Gasteiger partial charge in [-0.15, -0.1) is 0 Å². The summed E-state index contributed by atoms with van der Waals surface area (Å²) in [4.78, 5) is 13.0. The van der Waals surface area contributed by atoms with Crippen molar-refractivity contribution in [1.82, 2.24) is 4.90 Å². The fourth-order valence-corrected chi connectivity index (χ4v) is 1.17. The minimum Gasteiger partial charge on any atom is -0.415 e. The lowest BCUT2D eigenvalue weighted by Gasteiger charge is -2.37. The Bertz CT molecular complexity index is 215. The summed E-state index contributed by atoms with van der Waals surface area (Å²) in [7, 11) is 0. The molecule has 0 aromatic heterocycles. The van der Waals surface area contributed by atoms with Crippen LogP contribution in [-0.2, 0) is 4.74 Å². The monoisotopic (exact) mass is 169 g/mol. The second-order valence-corrected chi connectivity index (χ2v) is 3.98. The molecule has 1 amide bonds. The zero-order valence-corrected chi connectivity index (χ0v) is 7.89. The fourth-order valence-electron chi connectivity index (χ4n) is 1.17. The van der Waals surface area contributed by atoms with Crippen LogP contribution in [0.25, 0.3) is 0 Å². The minimum absolute atomic E-state index is 0.155. The van der Waals surface area contributed by atoms with Crippen LogP contribution in [0.2, 0.25) is 0 Å². The lowest BCUT2D eigenvalue weighted by Crippen LogP contribution is -2.48. The molecular formula is C9H15NO2. The van der Waals surface area contributed by atoms with Gasteiger partial charge in [0, 0.05) is 18.5 Å². The number of nitrogens with zero attached hydrogens (tertiary/aromatic N) is 1. The highest BCUT2D eigenvalue weighted by Gasteiger charge is 2.31. The maximum Gasteiger partial charge on any atom is 0.415 e. The molecule has 1 heterocycles. The topological polar surface area (TPSA) is 29.5 Å². The molecule has 0 atom stereocenters. The quantitative estimate of drug-likeness (QED) is 0.556. The Morgan fingerprint density at radius 3 is 2.50 bits per heavy atom. The van der Waals surface area contributed by atoms with Crippen molar-refractivity contribution in [2.45, 2.75) is 32.7 Å². The Balaban J connectivity index is 2.69. The largest absolute Gasteiger partial charge is 0.415 e. The smallest absolute Gasteiger partial charge is 0.415 e. The molecule has 1 fully saturated rings. The Labute approximate surface area is 73.0 Å². The second kappa shape index (κ2) is 2.81. The van der Waals surface area contributed by atoms with Gasteiger partial charge in [0.05, 0.1) is 0 Å². The Morgan fingerprint density at radius 1 is 1.50 bits per heavy atom. The summed E-state index contributed by atoms with van der Waals surface area (Å²) in [5.74, 6) is 0.570. The SMILES string of the molecule is C=C1CCN(C(C)(C)C)C(=O)O1. The summed E-state index contributed by atoms with van der Waals surface area (Å²) in [6.07, 6.45) is 0.460. The third kappa shape index (κ3) is 1.78. The standard InChI is InChI=1S/C9H15NO2/c1-7-5-6-10(8(11)12-7)9(2,3)4/h1,5-6H2,2-4H3. The van der Waals surface area contributed by atoms with Gasteiger partial charge < -0.3 is 9.64 Å². The van der Waals surface area contributed by atoms with Crippen LogP contribution in [0.15, 0.2) is 12.3 Å². The normalized spacial score (nSPS) is 19.4. The number of carbonyl (C=O) groups is 1. The number of amides is 1. The number of carbonyl (C=O) groups excluding carboxylic acids is 1. The fraction of sp³-hybridized carbons (Fsp3) is 0.667. The molecule has 68 valence electrons. The van der Waals surface area contributed by atoms with Gasteiger partial charge in [-0.1, -0.05) is 6.58 Å². The van der Waals surface area contributed by atoms with Gasteiger partial charge in [0.15, 0.2) is 0 Å². The zero-order chi connectivity index (χ0) is 9.35. The molecule has 0 radical (unpaired) electrons. The molecule has 0 saturated carbocycles. The maximum absolute atomic E-state index is 11.3. The van der Waals surface area contributed by atoms with E-state index in [1.54, 1.807) is 4.90 Å². The first-order valence-corrected chi connectivity index (χ1v) is 4.08.